The SMILES string of the molecule is COCc1cc(C(=O)NCC(O)c2cccc(C(F)(F)F)c2)no1. The molecule has 1 amide bonds. The molecule has 0 saturated heterocycles. The van der Waals surface area contributed by atoms with Gasteiger partial charge in [0, 0.05) is 19.7 Å². The van der Waals surface area contributed by atoms with Gasteiger partial charge in [-0.3, -0.25) is 4.79 Å². The molecule has 1 aromatic carbocycles. The fourth-order valence-corrected chi connectivity index (χ4v) is 1.95. The van der Waals surface area contributed by atoms with Crippen molar-refractivity contribution in [1.82, 2.24) is 10.5 Å². The second-order valence-electron chi connectivity index (χ2n) is 4.96. The molecule has 0 fully saturated rings. The summed E-state index contributed by atoms with van der Waals surface area (Å²) in [6, 6.07) is 5.65. The highest BCUT2D eigenvalue weighted by molar-refractivity contribution is 5.92. The van der Waals surface area contributed by atoms with E-state index in [4.69, 9.17) is 9.26 Å². The number of nitrogens with one attached hydrogen (secondary N) is 1. The van der Waals surface area contributed by atoms with Crippen molar-refractivity contribution in [3.63, 3.8) is 0 Å². The first-order valence-corrected chi connectivity index (χ1v) is 6.89. The molecule has 0 radical (unpaired) electrons. The van der Waals surface area contributed by atoms with Crippen LogP contribution in [-0.4, -0.2) is 29.8 Å². The predicted octanol–water partition coefficient (Wildman–Crippen LogP) is 2.30. The van der Waals surface area contributed by atoms with Crippen LogP contribution in [0.15, 0.2) is 34.9 Å². The molecular weight excluding hydrogens is 329 g/mol. The van der Waals surface area contributed by atoms with Crippen LogP contribution in [0.25, 0.3) is 0 Å². The van der Waals surface area contributed by atoms with Crippen molar-refractivity contribution >= 4 is 5.91 Å². The van der Waals surface area contributed by atoms with Gasteiger partial charge in [-0.1, -0.05) is 17.3 Å². The molecule has 1 heterocycles. The van der Waals surface area contributed by atoms with Gasteiger partial charge < -0.3 is 19.7 Å². The van der Waals surface area contributed by atoms with Crippen molar-refractivity contribution in [2.75, 3.05) is 13.7 Å². The lowest BCUT2D eigenvalue weighted by Gasteiger charge is -2.14. The number of carbonyl (C=O) groups is 1. The van der Waals surface area contributed by atoms with Gasteiger partial charge in [0.1, 0.15) is 6.61 Å². The molecule has 9 heteroatoms. The molecule has 24 heavy (non-hydrogen) atoms. The lowest BCUT2D eigenvalue weighted by molar-refractivity contribution is -0.137. The highest BCUT2D eigenvalue weighted by Gasteiger charge is 2.30. The van der Waals surface area contributed by atoms with Crippen LogP contribution in [0.5, 0.6) is 0 Å². The summed E-state index contributed by atoms with van der Waals surface area (Å²) in [5.41, 5.74) is -0.838. The summed E-state index contributed by atoms with van der Waals surface area (Å²) in [5.74, 6) is -0.270. The first-order chi connectivity index (χ1) is 11.3. The Bertz CT molecular complexity index is 700. The van der Waals surface area contributed by atoms with E-state index in [9.17, 15) is 23.1 Å². The number of hydrogen-bond acceptors (Lipinski definition) is 5. The zero-order valence-corrected chi connectivity index (χ0v) is 12.6. The zero-order valence-electron chi connectivity index (χ0n) is 12.6. The molecular formula is C15H15F3N2O4. The Hall–Kier alpha value is -2.39. The van der Waals surface area contributed by atoms with E-state index in [0.29, 0.717) is 5.76 Å². The molecule has 0 bridgehead atoms. The van der Waals surface area contributed by atoms with Crippen LogP contribution in [0.3, 0.4) is 0 Å². The summed E-state index contributed by atoms with van der Waals surface area (Å²) in [4.78, 5) is 11.9. The van der Waals surface area contributed by atoms with Gasteiger partial charge in [-0.2, -0.15) is 13.2 Å². The van der Waals surface area contributed by atoms with Crippen molar-refractivity contribution in [3.05, 3.63) is 52.9 Å². The highest BCUT2D eigenvalue weighted by Crippen LogP contribution is 2.30. The summed E-state index contributed by atoms with van der Waals surface area (Å²) in [5, 5.41) is 15.9. The third-order valence-electron chi connectivity index (χ3n) is 3.13. The van der Waals surface area contributed by atoms with Crippen LogP contribution in [0.1, 0.15) is 33.5 Å². The Morgan fingerprint density at radius 2 is 2.17 bits per heavy atom. The molecule has 0 spiro atoms. The number of ether oxygens (including phenoxy) is 1. The molecule has 0 aliphatic carbocycles. The molecule has 2 aromatic rings. The van der Waals surface area contributed by atoms with Gasteiger partial charge in [0.05, 0.1) is 11.7 Å². The number of methoxy groups -OCH3 is 1. The quantitative estimate of drug-likeness (QED) is 0.840. The summed E-state index contributed by atoms with van der Waals surface area (Å²) in [6.45, 7) is -0.125. The standard InChI is InChI=1S/C15H15F3N2O4/c1-23-8-11-6-12(20-24-11)14(22)19-7-13(21)9-3-2-4-10(5-9)15(16,17)18/h2-6,13,21H,7-8H2,1H3,(H,19,22). The van der Waals surface area contributed by atoms with E-state index in [-0.39, 0.29) is 24.4 Å². The Labute approximate surface area is 135 Å². The molecule has 1 aromatic heterocycles. The highest BCUT2D eigenvalue weighted by atomic mass is 19.4. The average Bonchev–Trinajstić information content (AvgIpc) is 3.00. The third kappa shape index (κ3) is 4.56. The number of rotatable bonds is 6. The largest absolute Gasteiger partial charge is 0.416 e. The Morgan fingerprint density at radius 3 is 2.83 bits per heavy atom. The van der Waals surface area contributed by atoms with E-state index in [1.165, 1.54) is 25.3 Å². The fraction of sp³-hybridized carbons (Fsp3) is 0.333. The predicted molar refractivity (Wildman–Crippen MR) is 76.0 cm³/mol. The second-order valence-corrected chi connectivity index (χ2v) is 4.96. The van der Waals surface area contributed by atoms with Gasteiger partial charge >= 0.3 is 6.18 Å². The van der Waals surface area contributed by atoms with Crippen LogP contribution in [-0.2, 0) is 17.5 Å². The minimum Gasteiger partial charge on any atom is -0.387 e. The second kappa shape index (κ2) is 7.45. The van der Waals surface area contributed by atoms with E-state index >= 15 is 0 Å². The first kappa shape index (κ1) is 18.0. The van der Waals surface area contributed by atoms with E-state index in [1.54, 1.807) is 0 Å². The van der Waals surface area contributed by atoms with Gasteiger partial charge in [0.25, 0.3) is 5.91 Å². The topological polar surface area (TPSA) is 84.6 Å². The maximum Gasteiger partial charge on any atom is 0.416 e. The molecule has 1 atom stereocenters. The number of benzene rings is 1. The van der Waals surface area contributed by atoms with Crippen LogP contribution in [0.4, 0.5) is 13.2 Å². The van der Waals surface area contributed by atoms with Gasteiger partial charge in [0.2, 0.25) is 0 Å². The number of alkyl halides is 3. The molecule has 2 N–H and O–H groups in total. The minimum absolute atomic E-state index is 0.0155. The van der Waals surface area contributed by atoms with Crippen LogP contribution in [0.2, 0.25) is 0 Å². The lowest BCUT2D eigenvalue weighted by Crippen LogP contribution is -2.28. The van der Waals surface area contributed by atoms with Crippen LogP contribution in [0, 0.1) is 0 Å². The van der Waals surface area contributed by atoms with Crippen LogP contribution >= 0.6 is 0 Å². The number of carbonyl (C=O) groups excluding carboxylic acids is 1. The summed E-state index contributed by atoms with van der Waals surface area (Å²) in [7, 11) is 1.45. The van der Waals surface area contributed by atoms with Gasteiger partial charge in [-0.05, 0) is 17.7 Å². The molecule has 6 nitrogen and oxygen atoms in total. The van der Waals surface area contributed by atoms with Gasteiger partial charge in [-0.15, -0.1) is 0 Å². The average molecular weight is 344 g/mol. The fourth-order valence-electron chi connectivity index (χ4n) is 1.95. The number of amides is 1. The summed E-state index contributed by atoms with van der Waals surface area (Å²) in [6.07, 6.45) is -5.79. The molecule has 0 aliphatic rings. The number of halogens is 3. The van der Waals surface area contributed by atoms with Gasteiger partial charge in [-0.25, -0.2) is 0 Å². The first-order valence-electron chi connectivity index (χ1n) is 6.89. The summed E-state index contributed by atoms with van der Waals surface area (Å²) >= 11 is 0. The maximum atomic E-state index is 12.7. The van der Waals surface area contributed by atoms with Crippen molar-refractivity contribution in [3.8, 4) is 0 Å². The van der Waals surface area contributed by atoms with Crippen molar-refractivity contribution in [1.29, 1.82) is 0 Å². The van der Waals surface area contributed by atoms with Gasteiger partial charge in [0.15, 0.2) is 11.5 Å². The Kier molecular flexibility index (Phi) is 5.58. The van der Waals surface area contributed by atoms with Crippen LogP contribution < -0.4 is 5.32 Å². The summed E-state index contributed by atoms with van der Waals surface area (Å²) < 4.78 is 47.6. The Balaban J connectivity index is 1.97. The molecule has 1 unspecified atom stereocenters. The maximum absolute atomic E-state index is 12.7. The monoisotopic (exact) mass is 344 g/mol. The molecule has 2 rings (SSSR count). The third-order valence-corrected chi connectivity index (χ3v) is 3.13. The number of aliphatic hydroxyl groups excluding tert-OH is 1. The minimum atomic E-state index is -4.50. The smallest absolute Gasteiger partial charge is 0.387 e. The molecule has 0 saturated carbocycles. The molecule has 0 aliphatic heterocycles. The number of hydrogen-bond donors (Lipinski definition) is 2. The van der Waals surface area contributed by atoms with Crippen molar-refractivity contribution in [2.45, 2.75) is 18.9 Å². The number of aliphatic hydroxyl groups is 1. The number of aromatic nitrogens is 1. The number of nitrogens with zero attached hydrogens (tertiary/aromatic N) is 1. The van der Waals surface area contributed by atoms with Crippen molar-refractivity contribution in [2.24, 2.45) is 0 Å². The molecule has 130 valence electrons. The zero-order chi connectivity index (χ0) is 17.7. The Morgan fingerprint density at radius 1 is 1.42 bits per heavy atom. The van der Waals surface area contributed by atoms with E-state index in [2.05, 4.69) is 10.5 Å². The van der Waals surface area contributed by atoms with E-state index in [0.717, 1.165) is 12.1 Å². The lowest BCUT2D eigenvalue weighted by atomic mass is 10.1. The van der Waals surface area contributed by atoms with E-state index < -0.39 is 23.8 Å². The van der Waals surface area contributed by atoms with E-state index in [1.807, 2.05) is 0 Å². The normalized spacial score (nSPS) is 12.9. The van der Waals surface area contributed by atoms with Crippen molar-refractivity contribution < 1.29 is 32.3 Å².